The molecule has 0 aliphatic rings. The predicted molar refractivity (Wildman–Crippen MR) is 250 cm³/mol. The average Bonchev–Trinajstić information content (AvgIpc) is 3.91. The van der Waals surface area contributed by atoms with Crippen LogP contribution in [0.2, 0.25) is 0 Å². The minimum Gasteiger partial charge on any atom is -0.455 e. The second kappa shape index (κ2) is 14.0. The molecule has 0 N–H and O–H groups in total. The smallest absolute Gasteiger partial charge is 0.160 e. The quantitative estimate of drug-likeness (QED) is 0.169. The van der Waals surface area contributed by atoms with Gasteiger partial charge in [0.15, 0.2) is 5.82 Å². The molecule has 0 bridgehead atoms. The van der Waals surface area contributed by atoms with Crippen molar-refractivity contribution in [3.8, 4) is 67.4 Å². The summed E-state index contributed by atoms with van der Waals surface area (Å²) in [5.74, 6) is 0.666. The summed E-state index contributed by atoms with van der Waals surface area (Å²) < 4.78 is 8.81. The first-order valence-corrected chi connectivity index (χ1v) is 20.9. The second-order valence-electron chi connectivity index (χ2n) is 15.1. The fourth-order valence-corrected chi connectivity index (χ4v) is 9.84. The summed E-state index contributed by atoms with van der Waals surface area (Å²) in [6, 6.07) is 70.0. The first-order valence-electron chi connectivity index (χ1n) is 20.1. The number of para-hydroxylation sites is 3. The second-order valence-corrected chi connectivity index (χ2v) is 16.1. The number of thiophene rings is 1. The van der Waals surface area contributed by atoms with E-state index in [-0.39, 0.29) is 0 Å². The number of aromatic nitrogens is 3. The van der Waals surface area contributed by atoms with Crippen LogP contribution in [0.4, 0.5) is 0 Å². The Morgan fingerprint density at radius 2 is 0.933 bits per heavy atom. The SMILES string of the molecule is c1ccc(-c2cc(-c3ccc(-c4cccc5c4oc4ccccc45)cc3)nc(-c3ccc(-c4nc5c(-c6ccccc6)cccc5c5c4sc4ccccc45)cc3)n2)cc1. The summed E-state index contributed by atoms with van der Waals surface area (Å²) in [6.45, 7) is 0. The van der Waals surface area contributed by atoms with Crippen LogP contribution in [0.1, 0.15) is 0 Å². The molecule has 0 unspecified atom stereocenters. The molecule has 60 heavy (non-hydrogen) atoms. The van der Waals surface area contributed by atoms with Crippen LogP contribution in [0, 0.1) is 0 Å². The maximum atomic E-state index is 6.37. The molecule has 0 saturated heterocycles. The highest BCUT2D eigenvalue weighted by Crippen LogP contribution is 2.45. The van der Waals surface area contributed by atoms with Crippen molar-refractivity contribution < 1.29 is 4.42 Å². The zero-order valence-corrected chi connectivity index (χ0v) is 33.0. The van der Waals surface area contributed by atoms with Gasteiger partial charge in [0, 0.05) is 65.0 Å². The van der Waals surface area contributed by atoms with Crippen molar-refractivity contribution in [1.29, 1.82) is 0 Å². The number of hydrogen-bond acceptors (Lipinski definition) is 5. The summed E-state index contributed by atoms with van der Waals surface area (Å²) in [5, 5.41) is 5.92. The molecular formula is C55H33N3OS. The van der Waals surface area contributed by atoms with Crippen molar-refractivity contribution in [3.05, 3.63) is 200 Å². The van der Waals surface area contributed by atoms with E-state index in [2.05, 4.69) is 170 Å². The maximum absolute atomic E-state index is 6.37. The van der Waals surface area contributed by atoms with Gasteiger partial charge < -0.3 is 4.42 Å². The van der Waals surface area contributed by atoms with Crippen LogP contribution < -0.4 is 0 Å². The van der Waals surface area contributed by atoms with Crippen LogP contribution in [-0.2, 0) is 0 Å². The van der Waals surface area contributed by atoms with Gasteiger partial charge in [-0.05, 0) is 29.3 Å². The highest BCUT2D eigenvalue weighted by atomic mass is 32.1. The average molecular weight is 784 g/mol. The van der Waals surface area contributed by atoms with Crippen LogP contribution in [0.5, 0.6) is 0 Å². The third kappa shape index (κ3) is 5.70. The Morgan fingerprint density at radius 3 is 1.70 bits per heavy atom. The van der Waals surface area contributed by atoms with E-state index in [1.54, 1.807) is 0 Å². The Morgan fingerprint density at radius 1 is 0.383 bits per heavy atom. The van der Waals surface area contributed by atoms with Gasteiger partial charge in [0.05, 0.1) is 27.3 Å². The van der Waals surface area contributed by atoms with Crippen LogP contribution in [0.3, 0.4) is 0 Å². The number of hydrogen-bond donors (Lipinski definition) is 0. The number of rotatable bonds is 6. The lowest BCUT2D eigenvalue weighted by atomic mass is 9.97. The van der Waals surface area contributed by atoms with E-state index in [1.165, 1.54) is 25.6 Å². The van der Waals surface area contributed by atoms with E-state index in [9.17, 15) is 0 Å². The van der Waals surface area contributed by atoms with Gasteiger partial charge in [-0.3, -0.25) is 0 Å². The molecule has 4 heterocycles. The van der Waals surface area contributed by atoms with E-state index in [4.69, 9.17) is 19.4 Å². The Balaban J connectivity index is 0.967. The van der Waals surface area contributed by atoms with Crippen molar-refractivity contribution in [2.24, 2.45) is 0 Å². The maximum Gasteiger partial charge on any atom is 0.160 e. The summed E-state index contributed by atoms with van der Waals surface area (Å²) in [7, 11) is 0. The van der Waals surface area contributed by atoms with Crippen LogP contribution in [0.25, 0.3) is 120 Å². The summed E-state index contributed by atoms with van der Waals surface area (Å²) in [4.78, 5) is 15.8. The van der Waals surface area contributed by atoms with Gasteiger partial charge in [0.25, 0.3) is 0 Å². The van der Waals surface area contributed by atoms with Gasteiger partial charge in [-0.2, -0.15) is 0 Å². The van der Waals surface area contributed by atoms with Crippen LogP contribution in [0.15, 0.2) is 205 Å². The standard InChI is InChI=1S/C55H33N3OS/c1-3-13-34(14-4-1)40-19-11-22-45-50-44-18-8-10-24-49(44)60-54(50)51(58-52(40)45)38-29-31-39(32-30-38)55-56-46(36-15-5-2-6-16-36)33-47(57-55)37-27-25-35(26-28-37)41-20-12-21-43-42-17-7-9-23-48(42)59-53(41)43/h1-33H. The number of fused-ring (bicyclic) bond motifs is 8. The molecule has 4 nitrogen and oxygen atoms in total. The lowest BCUT2D eigenvalue weighted by Gasteiger charge is -2.12. The Bertz CT molecular complexity index is 3570. The lowest BCUT2D eigenvalue weighted by Crippen LogP contribution is -1.96. The van der Waals surface area contributed by atoms with Crippen LogP contribution in [-0.4, -0.2) is 15.0 Å². The van der Waals surface area contributed by atoms with E-state index in [1.807, 2.05) is 41.7 Å². The monoisotopic (exact) mass is 783 g/mol. The minimum atomic E-state index is 0.666. The highest BCUT2D eigenvalue weighted by molar-refractivity contribution is 7.26. The number of pyridine rings is 1. The summed E-state index contributed by atoms with van der Waals surface area (Å²) in [6.07, 6.45) is 0. The molecule has 12 rings (SSSR count). The molecule has 8 aromatic carbocycles. The largest absolute Gasteiger partial charge is 0.455 e. The number of nitrogens with zero attached hydrogens (tertiary/aromatic N) is 3. The fourth-order valence-electron chi connectivity index (χ4n) is 8.61. The third-order valence-electron chi connectivity index (χ3n) is 11.5. The Labute approximate surface area is 349 Å². The molecule has 0 aliphatic heterocycles. The van der Waals surface area contributed by atoms with Gasteiger partial charge in [-0.25, -0.2) is 15.0 Å². The van der Waals surface area contributed by atoms with Crippen LogP contribution >= 0.6 is 11.3 Å². The summed E-state index contributed by atoms with van der Waals surface area (Å²) in [5.41, 5.74) is 14.0. The molecular weight excluding hydrogens is 751 g/mol. The molecule has 0 aliphatic carbocycles. The number of benzene rings is 8. The highest BCUT2D eigenvalue weighted by Gasteiger charge is 2.19. The van der Waals surface area contributed by atoms with Crippen molar-refractivity contribution in [1.82, 2.24) is 15.0 Å². The van der Waals surface area contributed by atoms with E-state index in [0.717, 1.165) is 89.0 Å². The van der Waals surface area contributed by atoms with E-state index in [0.29, 0.717) is 5.82 Å². The van der Waals surface area contributed by atoms with E-state index < -0.39 is 0 Å². The molecule has 0 spiro atoms. The Hall–Kier alpha value is -7.73. The fraction of sp³-hybridized carbons (Fsp3) is 0. The molecule has 5 heteroatoms. The summed E-state index contributed by atoms with van der Waals surface area (Å²) >= 11 is 1.81. The predicted octanol–water partition coefficient (Wildman–Crippen LogP) is 15.3. The third-order valence-corrected chi connectivity index (χ3v) is 12.7. The first-order chi connectivity index (χ1) is 29.7. The molecule has 0 atom stereocenters. The van der Waals surface area contributed by atoms with Gasteiger partial charge in [0.1, 0.15) is 11.2 Å². The van der Waals surface area contributed by atoms with Crippen molar-refractivity contribution >= 4 is 64.4 Å². The van der Waals surface area contributed by atoms with E-state index >= 15 is 0 Å². The van der Waals surface area contributed by atoms with Crippen molar-refractivity contribution in [2.45, 2.75) is 0 Å². The van der Waals surface area contributed by atoms with Gasteiger partial charge >= 0.3 is 0 Å². The van der Waals surface area contributed by atoms with Gasteiger partial charge in [0.2, 0.25) is 0 Å². The topological polar surface area (TPSA) is 51.8 Å². The molecule has 0 saturated carbocycles. The molecule has 12 aromatic rings. The molecule has 0 fully saturated rings. The molecule has 0 amide bonds. The first kappa shape index (κ1) is 34.3. The number of furan rings is 1. The minimum absolute atomic E-state index is 0.666. The van der Waals surface area contributed by atoms with Gasteiger partial charge in [-0.15, -0.1) is 11.3 Å². The Kier molecular flexibility index (Phi) is 8.00. The van der Waals surface area contributed by atoms with Gasteiger partial charge in [-0.1, -0.05) is 182 Å². The zero-order valence-electron chi connectivity index (χ0n) is 32.2. The molecule has 4 aromatic heterocycles. The normalized spacial score (nSPS) is 11.7. The molecule has 0 radical (unpaired) electrons. The van der Waals surface area contributed by atoms with Crippen molar-refractivity contribution in [3.63, 3.8) is 0 Å². The zero-order chi connectivity index (χ0) is 39.6. The molecule has 280 valence electrons. The van der Waals surface area contributed by atoms with Crippen molar-refractivity contribution in [2.75, 3.05) is 0 Å². The lowest BCUT2D eigenvalue weighted by molar-refractivity contribution is 0.670.